The molecule has 1 N–H and O–H groups in total. The number of esters is 1. The van der Waals surface area contributed by atoms with Crippen molar-refractivity contribution >= 4 is 61.7 Å². The zero-order chi connectivity index (χ0) is 23.4. The van der Waals surface area contributed by atoms with E-state index in [-0.39, 0.29) is 23.3 Å². The first-order valence-electron chi connectivity index (χ1n) is 10.3. The lowest BCUT2D eigenvalue weighted by atomic mass is 10.1. The van der Waals surface area contributed by atoms with E-state index in [0.29, 0.717) is 16.6 Å². The number of ether oxygens (including phenoxy) is 1. The average molecular weight is 499 g/mol. The maximum Gasteiger partial charge on any atom is 0.358 e. The summed E-state index contributed by atoms with van der Waals surface area (Å²) >= 11 is 4.16. The predicted molar refractivity (Wildman–Crippen MR) is 134 cm³/mol. The topological polar surface area (TPSA) is 94.1 Å². The fourth-order valence-electron chi connectivity index (χ4n) is 3.03. The molecular formula is C23H22N4O3S3. The van der Waals surface area contributed by atoms with E-state index in [0.717, 1.165) is 26.4 Å². The van der Waals surface area contributed by atoms with Crippen LogP contribution in [0.1, 0.15) is 29.2 Å². The van der Waals surface area contributed by atoms with Crippen LogP contribution in [0.15, 0.2) is 47.1 Å². The minimum atomic E-state index is -0.471. The number of nitrogens with zero attached hydrogens (tertiary/aromatic N) is 3. The van der Waals surface area contributed by atoms with E-state index in [4.69, 9.17) is 4.74 Å². The van der Waals surface area contributed by atoms with Crippen LogP contribution in [0.2, 0.25) is 0 Å². The van der Waals surface area contributed by atoms with E-state index < -0.39 is 5.97 Å². The van der Waals surface area contributed by atoms with Gasteiger partial charge in [0.15, 0.2) is 10.8 Å². The van der Waals surface area contributed by atoms with E-state index in [2.05, 4.69) is 25.6 Å². The van der Waals surface area contributed by atoms with Gasteiger partial charge in [0.25, 0.3) is 0 Å². The number of carbonyl (C=O) groups is 2. The molecule has 10 heteroatoms. The number of nitrogens with one attached hydrogen (secondary N) is 1. The second-order valence-corrected chi connectivity index (χ2v) is 10.7. The smallest absolute Gasteiger partial charge is 0.358 e. The highest BCUT2D eigenvalue weighted by atomic mass is 32.2. The number of fused-ring (bicyclic) bond motifs is 1. The molecule has 1 amide bonds. The Balaban J connectivity index is 1.44. The molecule has 3 heterocycles. The quantitative estimate of drug-likeness (QED) is 0.190. The van der Waals surface area contributed by atoms with E-state index >= 15 is 0 Å². The molecule has 3 aromatic heterocycles. The minimum absolute atomic E-state index is 0.155. The van der Waals surface area contributed by atoms with Crippen molar-refractivity contribution in [2.24, 2.45) is 5.92 Å². The number of aryl methyl sites for hydroxylation is 1. The Morgan fingerprint density at radius 2 is 1.97 bits per heavy atom. The van der Waals surface area contributed by atoms with Crippen molar-refractivity contribution in [3.63, 3.8) is 0 Å². The van der Waals surface area contributed by atoms with Crippen molar-refractivity contribution < 1.29 is 14.3 Å². The zero-order valence-corrected chi connectivity index (χ0v) is 20.8. The fourth-order valence-corrected chi connectivity index (χ4v) is 5.64. The van der Waals surface area contributed by atoms with Gasteiger partial charge in [-0.05, 0) is 18.4 Å². The number of carbonyl (C=O) groups excluding carboxylic acids is 2. The van der Waals surface area contributed by atoms with Crippen LogP contribution in [0.5, 0.6) is 0 Å². The van der Waals surface area contributed by atoms with Crippen LogP contribution in [0, 0.1) is 12.8 Å². The number of thiazole rings is 1. The molecule has 4 aromatic rings. The van der Waals surface area contributed by atoms with Gasteiger partial charge in [0.1, 0.15) is 16.2 Å². The summed E-state index contributed by atoms with van der Waals surface area (Å²) in [5.74, 6) is -0.300. The molecule has 0 fully saturated rings. The lowest BCUT2D eigenvalue weighted by Gasteiger charge is -2.06. The summed E-state index contributed by atoms with van der Waals surface area (Å²) < 4.78 is 5.25. The summed E-state index contributed by atoms with van der Waals surface area (Å²) in [6, 6.07) is 10.1. The van der Waals surface area contributed by atoms with E-state index in [1.54, 1.807) is 18.3 Å². The van der Waals surface area contributed by atoms with Crippen LogP contribution >= 0.6 is 34.4 Å². The number of aromatic nitrogens is 3. The van der Waals surface area contributed by atoms with Gasteiger partial charge in [0.05, 0.1) is 17.7 Å². The molecule has 0 aliphatic heterocycles. The average Bonchev–Trinajstić information content (AvgIpc) is 3.40. The molecule has 1 aromatic carbocycles. The first kappa shape index (κ1) is 23.3. The van der Waals surface area contributed by atoms with E-state index in [1.165, 1.54) is 29.4 Å². The van der Waals surface area contributed by atoms with Gasteiger partial charge in [0.2, 0.25) is 5.91 Å². The Morgan fingerprint density at radius 1 is 1.18 bits per heavy atom. The van der Waals surface area contributed by atoms with Crippen molar-refractivity contribution in [1.29, 1.82) is 0 Å². The van der Waals surface area contributed by atoms with Gasteiger partial charge in [-0.3, -0.25) is 4.79 Å². The summed E-state index contributed by atoms with van der Waals surface area (Å²) in [6.07, 6.45) is 1.52. The Kier molecular flexibility index (Phi) is 7.36. The van der Waals surface area contributed by atoms with Crippen molar-refractivity contribution in [2.75, 3.05) is 17.7 Å². The van der Waals surface area contributed by atoms with Crippen molar-refractivity contribution in [1.82, 2.24) is 15.0 Å². The molecule has 0 saturated carbocycles. The number of thiophene rings is 1. The standard InChI is InChI=1S/C23H22N4O3S3/c1-13(2)9-30-22(29)19-14(3)33-23(27-19)26-17(28)11-32-21-18-16(15-7-5-4-6-8-15)10-31-20(18)24-12-25-21/h4-8,10,12-13H,9,11H2,1-3H3,(H,26,27,28). The summed E-state index contributed by atoms with van der Waals surface area (Å²) in [4.78, 5) is 39.5. The van der Waals surface area contributed by atoms with Gasteiger partial charge in [-0.15, -0.1) is 22.7 Å². The SMILES string of the molecule is Cc1sc(NC(=O)CSc2ncnc3scc(-c4ccccc4)c23)nc1C(=O)OCC(C)C. The number of rotatable bonds is 8. The molecule has 4 rings (SSSR count). The summed E-state index contributed by atoms with van der Waals surface area (Å²) in [5, 5.41) is 6.93. The van der Waals surface area contributed by atoms with Crippen LogP contribution < -0.4 is 5.32 Å². The zero-order valence-electron chi connectivity index (χ0n) is 18.3. The third-order valence-corrected chi connectivity index (χ3v) is 7.31. The third kappa shape index (κ3) is 5.58. The lowest BCUT2D eigenvalue weighted by Crippen LogP contribution is -2.15. The van der Waals surface area contributed by atoms with Crippen LogP contribution in [0.25, 0.3) is 21.3 Å². The Bertz CT molecular complexity index is 1280. The maximum absolute atomic E-state index is 12.6. The first-order valence-corrected chi connectivity index (χ1v) is 13.0. The summed E-state index contributed by atoms with van der Waals surface area (Å²) in [5.41, 5.74) is 2.38. The molecule has 0 aliphatic carbocycles. The normalized spacial score (nSPS) is 11.2. The van der Waals surface area contributed by atoms with Gasteiger partial charge >= 0.3 is 5.97 Å². The van der Waals surface area contributed by atoms with Crippen LogP contribution in [-0.4, -0.2) is 39.2 Å². The van der Waals surface area contributed by atoms with Gasteiger partial charge in [0, 0.05) is 15.8 Å². The number of hydrogen-bond acceptors (Lipinski definition) is 9. The maximum atomic E-state index is 12.6. The highest BCUT2D eigenvalue weighted by Gasteiger charge is 2.19. The Morgan fingerprint density at radius 3 is 2.73 bits per heavy atom. The fraction of sp³-hybridized carbons (Fsp3) is 0.261. The highest BCUT2D eigenvalue weighted by molar-refractivity contribution is 8.00. The highest BCUT2D eigenvalue weighted by Crippen LogP contribution is 2.37. The molecule has 0 radical (unpaired) electrons. The summed E-state index contributed by atoms with van der Waals surface area (Å²) in [6.45, 7) is 6.05. The molecule has 170 valence electrons. The van der Waals surface area contributed by atoms with Gasteiger partial charge < -0.3 is 10.1 Å². The monoisotopic (exact) mass is 498 g/mol. The molecule has 7 nitrogen and oxygen atoms in total. The van der Waals surface area contributed by atoms with Crippen LogP contribution in [0.4, 0.5) is 5.13 Å². The molecule has 0 bridgehead atoms. The molecule has 33 heavy (non-hydrogen) atoms. The first-order chi connectivity index (χ1) is 15.9. The van der Waals surface area contributed by atoms with Crippen LogP contribution in [-0.2, 0) is 9.53 Å². The molecule has 0 aliphatic rings. The predicted octanol–water partition coefficient (Wildman–Crippen LogP) is 5.67. The number of benzene rings is 1. The van der Waals surface area contributed by atoms with Gasteiger partial charge in [-0.1, -0.05) is 55.9 Å². The van der Waals surface area contributed by atoms with Crippen molar-refractivity contribution in [3.05, 3.63) is 52.6 Å². The Labute approximate surface area is 203 Å². The largest absolute Gasteiger partial charge is 0.461 e. The molecule has 0 spiro atoms. The van der Waals surface area contributed by atoms with Gasteiger partial charge in [-0.2, -0.15) is 0 Å². The molecule has 0 saturated heterocycles. The minimum Gasteiger partial charge on any atom is -0.461 e. The lowest BCUT2D eigenvalue weighted by molar-refractivity contribution is -0.113. The summed E-state index contributed by atoms with van der Waals surface area (Å²) in [7, 11) is 0. The van der Waals surface area contributed by atoms with Crippen molar-refractivity contribution in [2.45, 2.75) is 25.8 Å². The Hall–Kier alpha value is -2.82. The second-order valence-electron chi connectivity index (χ2n) is 7.63. The molecular weight excluding hydrogens is 476 g/mol. The van der Waals surface area contributed by atoms with Crippen LogP contribution in [0.3, 0.4) is 0 Å². The number of amides is 1. The van der Waals surface area contributed by atoms with Gasteiger partial charge in [-0.25, -0.2) is 19.7 Å². The van der Waals surface area contributed by atoms with E-state index in [1.807, 2.05) is 44.2 Å². The third-order valence-electron chi connectivity index (χ3n) is 4.54. The second kappa shape index (κ2) is 10.4. The number of hydrogen-bond donors (Lipinski definition) is 1. The number of thioether (sulfide) groups is 1. The number of anilines is 1. The molecule has 0 atom stereocenters. The molecule has 0 unspecified atom stereocenters. The van der Waals surface area contributed by atoms with E-state index in [9.17, 15) is 9.59 Å². The van der Waals surface area contributed by atoms with Crippen molar-refractivity contribution in [3.8, 4) is 11.1 Å².